The van der Waals surface area contributed by atoms with E-state index in [2.05, 4.69) is 0 Å². The van der Waals surface area contributed by atoms with Gasteiger partial charge in [0.1, 0.15) is 0 Å². The summed E-state index contributed by atoms with van der Waals surface area (Å²) >= 11 is 0.511. The molecule has 0 aromatic heterocycles. The second-order valence-electron chi connectivity index (χ2n) is 2.36. The molecule has 0 atom stereocenters. The van der Waals surface area contributed by atoms with Crippen LogP contribution in [0.4, 0.5) is 0 Å². The third kappa shape index (κ3) is 5.05. The Kier molecular flexibility index (Phi) is 8.15. The normalized spacial score (nSPS) is 9.38. The van der Waals surface area contributed by atoms with Gasteiger partial charge in [-0.25, -0.2) is 12.0 Å². The molecule has 0 aliphatic carbocycles. The Labute approximate surface area is 105 Å². The van der Waals surface area contributed by atoms with Crippen LogP contribution in [0.2, 0.25) is 0 Å². The molecule has 0 saturated carbocycles. The molecule has 0 saturated heterocycles. The minimum atomic E-state index is 0. The van der Waals surface area contributed by atoms with Crippen LogP contribution in [0.1, 0.15) is 12.5 Å². The summed E-state index contributed by atoms with van der Waals surface area (Å²) in [7, 11) is 0. The van der Waals surface area contributed by atoms with Crippen molar-refractivity contribution in [2.75, 3.05) is 6.61 Å². The quantitative estimate of drug-likeness (QED) is 0.489. The van der Waals surface area contributed by atoms with E-state index < -0.39 is 0 Å². The zero-order valence-corrected chi connectivity index (χ0v) is 10.8. The third-order valence-corrected chi connectivity index (χ3v) is 1.96. The molecule has 0 spiro atoms. The van der Waals surface area contributed by atoms with Crippen LogP contribution < -0.4 is 29.6 Å². The molecule has 1 rings (SSSR count). The average Bonchev–Trinajstić information content (AvgIpc) is 2.15. The second-order valence-corrected chi connectivity index (χ2v) is 3.00. The fourth-order valence-corrected chi connectivity index (χ4v) is 1.11. The van der Waals surface area contributed by atoms with Gasteiger partial charge in [0, 0.05) is 6.61 Å². The van der Waals surface area contributed by atoms with Crippen molar-refractivity contribution in [3.63, 3.8) is 0 Å². The summed E-state index contributed by atoms with van der Waals surface area (Å²) in [6.45, 7) is 3.31. The van der Waals surface area contributed by atoms with E-state index in [1.165, 1.54) is 0 Å². The van der Waals surface area contributed by atoms with Gasteiger partial charge in [0.05, 0.1) is 6.61 Å². The molecule has 0 aliphatic rings. The Balaban J connectivity index is 0.00000144. The van der Waals surface area contributed by atoms with E-state index in [0.29, 0.717) is 18.6 Å². The molecular formula is C9H11NaO2S. The standard InChI is InChI=1S/C9H12O2S.Na/c1-2-11-7-8-3-5-9(12-10)6-4-8;/h3-6,10H,2,7H2,1H3;/q;+1/p-1. The summed E-state index contributed by atoms with van der Waals surface area (Å²) in [5.41, 5.74) is 1.11. The monoisotopic (exact) mass is 206 g/mol. The second kappa shape index (κ2) is 7.85. The SMILES string of the molecule is CCOCc1ccc(S[O-])cc1.[Na+]. The van der Waals surface area contributed by atoms with Crippen LogP contribution in [0, 0.1) is 0 Å². The summed E-state index contributed by atoms with van der Waals surface area (Å²) in [5, 5.41) is 0. The van der Waals surface area contributed by atoms with Gasteiger partial charge in [-0.3, -0.25) is 0 Å². The molecule has 0 unspecified atom stereocenters. The maximum atomic E-state index is 10.3. The maximum absolute atomic E-state index is 10.3. The molecule has 0 amide bonds. The molecule has 0 aliphatic heterocycles. The van der Waals surface area contributed by atoms with Crippen LogP contribution >= 0.6 is 12.0 Å². The summed E-state index contributed by atoms with van der Waals surface area (Å²) in [6, 6.07) is 7.45. The first-order valence-corrected chi connectivity index (χ1v) is 4.57. The van der Waals surface area contributed by atoms with Gasteiger partial charge in [-0.1, -0.05) is 12.1 Å². The van der Waals surface area contributed by atoms with Gasteiger partial charge in [-0.05, 0) is 29.5 Å². The number of benzene rings is 1. The van der Waals surface area contributed by atoms with Crippen LogP contribution in [0.5, 0.6) is 0 Å². The molecule has 0 bridgehead atoms. The predicted molar refractivity (Wildman–Crippen MR) is 48.4 cm³/mol. The summed E-state index contributed by atoms with van der Waals surface area (Å²) < 4.78 is 15.6. The molecule has 0 N–H and O–H groups in total. The molecule has 66 valence electrons. The minimum absolute atomic E-state index is 0. The zero-order valence-electron chi connectivity index (χ0n) is 7.95. The molecule has 1 aromatic carbocycles. The number of hydrogen-bond donors (Lipinski definition) is 0. The van der Waals surface area contributed by atoms with Crippen molar-refractivity contribution in [1.29, 1.82) is 0 Å². The van der Waals surface area contributed by atoms with Gasteiger partial charge in [0.25, 0.3) is 0 Å². The summed E-state index contributed by atoms with van der Waals surface area (Å²) in [6.07, 6.45) is 0. The minimum Gasteiger partial charge on any atom is -0.795 e. The molecular weight excluding hydrogens is 195 g/mol. The Morgan fingerprint density at radius 3 is 2.38 bits per heavy atom. The third-order valence-electron chi connectivity index (χ3n) is 1.49. The van der Waals surface area contributed by atoms with Gasteiger partial charge in [-0.2, -0.15) is 0 Å². The molecule has 4 heteroatoms. The fourth-order valence-electron chi connectivity index (χ4n) is 0.861. The molecule has 0 radical (unpaired) electrons. The zero-order chi connectivity index (χ0) is 8.81. The molecule has 0 heterocycles. The van der Waals surface area contributed by atoms with Gasteiger partial charge in [0.2, 0.25) is 0 Å². The van der Waals surface area contributed by atoms with Crippen LogP contribution in [-0.4, -0.2) is 11.2 Å². The first kappa shape index (κ1) is 13.5. The Hall–Kier alpha value is 0.490. The van der Waals surface area contributed by atoms with E-state index in [4.69, 9.17) is 4.74 Å². The van der Waals surface area contributed by atoms with E-state index in [1.54, 1.807) is 0 Å². The Morgan fingerprint density at radius 2 is 1.92 bits per heavy atom. The molecule has 0 fully saturated rings. The van der Waals surface area contributed by atoms with Crippen molar-refractivity contribution >= 4 is 12.0 Å². The Bertz CT molecular complexity index is 226. The van der Waals surface area contributed by atoms with Crippen molar-refractivity contribution in [2.24, 2.45) is 0 Å². The molecule has 13 heavy (non-hydrogen) atoms. The molecule has 2 nitrogen and oxygen atoms in total. The van der Waals surface area contributed by atoms with Gasteiger partial charge < -0.3 is 9.29 Å². The van der Waals surface area contributed by atoms with Crippen LogP contribution in [0.15, 0.2) is 29.2 Å². The maximum Gasteiger partial charge on any atom is 1.00 e. The Morgan fingerprint density at radius 1 is 1.31 bits per heavy atom. The van der Waals surface area contributed by atoms with Crippen LogP contribution in [0.3, 0.4) is 0 Å². The predicted octanol–water partition coefficient (Wildman–Crippen LogP) is -0.550. The largest absolute Gasteiger partial charge is 1.00 e. The number of hydrogen-bond acceptors (Lipinski definition) is 3. The fraction of sp³-hybridized carbons (Fsp3) is 0.333. The average molecular weight is 206 g/mol. The van der Waals surface area contributed by atoms with Crippen molar-refractivity contribution in [3.8, 4) is 0 Å². The van der Waals surface area contributed by atoms with E-state index in [0.717, 1.165) is 17.1 Å². The topological polar surface area (TPSA) is 32.3 Å². The first-order chi connectivity index (χ1) is 5.86. The van der Waals surface area contributed by atoms with E-state index >= 15 is 0 Å². The smallest absolute Gasteiger partial charge is 0.795 e. The van der Waals surface area contributed by atoms with Gasteiger partial charge in [-0.15, -0.1) is 0 Å². The van der Waals surface area contributed by atoms with Crippen molar-refractivity contribution in [3.05, 3.63) is 29.8 Å². The van der Waals surface area contributed by atoms with Gasteiger partial charge >= 0.3 is 29.6 Å². The molecule has 1 aromatic rings. The van der Waals surface area contributed by atoms with E-state index in [9.17, 15) is 4.55 Å². The van der Waals surface area contributed by atoms with Crippen LogP contribution in [-0.2, 0) is 11.3 Å². The number of rotatable bonds is 4. The van der Waals surface area contributed by atoms with Crippen molar-refractivity contribution in [1.82, 2.24) is 0 Å². The van der Waals surface area contributed by atoms with Crippen molar-refractivity contribution in [2.45, 2.75) is 18.4 Å². The van der Waals surface area contributed by atoms with Crippen LogP contribution in [0.25, 0.3) is 0 Å². The number of ether oxygens (including phenoxy) is 1. The first-order valence-electron chi connectivity index (χ1n) is 3.83. The summed E-state index contributed by atoms with van der Waals surface area (Å²) in [5.74, 6) is 0. The van der Waals surface area contributed by atoms with Gasteiger partial charge in [0.15, 0.2) is 0 Å². The summed E-state index contributed by atoms with van der Waals surface area (Å²) in [4.78, 5) is 0.746. The van der Waals surface area contributed by atoms with E-state index in [1.807, 2.05) is 31.2 Å². The van der Waals surface area contributed by atoms with E-state index in [-0.39, 0.29) is 29.6 Å². The van der Waals surface area contributed by atoms with Crippen molar-refractivity contribution < 1.29 is 38.8 Å².